The van der Waals surface area contributed by atoms with E-state index in [0.29, 0.717) is 55.4 Å². The number of methoxy groups -OCH3 is 1. The predicted octanol–water partition coefficient (Wildman–Crippen LogP) is 2.41. The molecule has 1 amide bonds. The molecule has 0 bridgehead atoms. The molecular formula is C20H21N5O3. The number of carbonyl (C=O) groups is 1. The molecule has 3 heterocycles. The van der Waals surface area contributed by atoms with E-state index in [4.69, 9.17) is 9.15 Å². The molecule has 0 saturated carbocycles. The number of piperazine rings is 1. The molecule has 0 N–H and O–H groups in total. The highest BCUT2D eigenvalue weighted by Crippen LogP contribution is 2.23. The zero-order valence-electron chi connectivity index (χ0n) is 15.8. The molecule has 2 aromatic heterocycles. The third kappa shape index (κ3) is 3.53. The van der Waals surface area contributed by atoms with Gasteiger partial charge in [-0.2, -0.15) is 4.98 Å². The van der Waals surface area contributed by atoms with Crippen molar-refractivity contribution in [2.75, 3.05) is 38.2 Å². The Balaban J connectivity index is 1.45. The van der Waals surface area contributed by atoms with Crippen LogP contribution in [0.3, 0.4) is 0 Å². The fourth-order valence-electron chi connectivity index (χ4n) is 3.15. The normalized spacial score (nSPS) is 14.2. The van der Waals surface area contributed by atoms with Crippen molar-refractivity contribution >= 4 is 11.9 Å². The van der Waals surface area contributed by atoms with E-state index in [2.05, 4.69) is 15.0 Å². The van der Waals surface area contributed by atoms with Crippen LogP contribution >= 0.6 is 0 Å². The molecule has 0 atom stereocenters. The number of nitrogens with zero attached hydrogens (tertiary/aromatic N) is 5. The quantitative estimate of drug-likeness (QED) is 0.688. The first-order valence-electron chi connectivity index (χ1n) is 9.10. The number of carbonyl (C=O) groups excluding carboxylic acids is 1. The van der Waals surface area contributed by atoms with Crippen LogP contribution in [0.4, 0.5) is 5.95 Å². The number of benzene rings is 1. The zero-order chi connectivity index (χ0) is 19.5. The van der Waals surface area contributed by atoms with Crippen molar-refractivity contribution < 1.29 is 13.9 Å². The summed E-state index contributed by atoms with van der Waals surface area (Å²) in [7, 11) is 1.58. The number of aromatic nitrogens is 3. The van der Waals surface area contributed by atoms with Gasteiger partial charge in [0.2, 0.25) is 23.5 Å². The standard InChI is InChI=1S/C20H21N5O3/c1-14-17(28-18(22-14)15-6-4-3-5-7-15)19(26)24-10-12-25(13-11-24)20-21-9-8-16(23-20)27-2/h3-9H,10-13H2,1-2H3. The van der Waals surface area contributed by atoms with Crippen molar-refractivity contribution in [3.05, 3.63) is 54.0 Å². The summed E-state index contributed by atoms with van der Waals surface area (Å²) in [6.45, 7) is 4.18. The van der Waals surface area contributed by atoms with Gasteiger partial charge in [-0.15, -0.1) is 0 Å². The Morgan fingerprint density at radius 1 is 1.07 bits per heavy atom. The van der Waals surface area contributed by atoms with Crippen LogP contribution < -0.4 is 9.64 Å². The molecule has 0 spiro atoms. The largest absolute Gasteiger partial charge is 0.481 e. The molecule has 1 fully saturated rings. The van der Waals surface area contributed by atoms with Crippen molar-refractivity contribution in [1.82, 2.24) is 19.9 Å². The fraction of sp³-hybridized carbons (Fsp3) is 0.300. The number of aryl methyl sites for hydroxylation is 1. The van der Waals surface area contributed by atoms with Gasteiger partial charge < -0.3 is 19.0 Å². The Labute approximate surface area is 162 Å². The van der Waals surface area contributed by atoms with Gasteiger partial charge in [0, 0.05) is 44.0 Å². The van der Waals surface area contributed by atoms with Crippen molar-refractivity contribution in [2.45, 2.75) is 6.92 Å². The molecule has 28 heavy (non-hydrogen) atoms. The number of ether oxygens (including phenoxy) is 1. The van der Waals surface area contributed by atoms with Crippen LogP contribution in [0.2, 0.25) is 0 Å². The van der Waals surface area contributed by atoms with Gasteiger partial charge in [-0.3, -0.25) is 4.79 Å². The molecule has 0 aliphatic carbocycles. The topological polar surface area (TPSA) is 84.6 Å². The number of anilines is 1. The summed E-state index contributed by atoms with van der Waals surface area (Å²) in [4.78, 5) is 29.8. The van der Waals surface area contributed by atoms with Gasteiger partial charge in [-0.05, 0) is 19.1 Å². The first-order chi connectivity index (χ1) is 13.7. The maximum Gasteiger partial charge on any atom is 0.291 e. The van der Waals surface area contributed by atoms with Crippen LogP contribution in [0, 0.1) is 6.92 Å². The van der Waals surface area contributed by atoms with Crippen LogP contribution in [0.5, 0.6) is 5.88 Å². The summed E-state index contributed by atoms with van der Waals surface area (Å²) in [5.74, 6) is 1.75. The summed E-state index contributed by atoms with van der Waals surface area (Å²) >= 11 is 0. The van der Waals surface area contributed by atoms with Gasteiger partial charge >= 0.3 is 0 Å². The molecule has 8 nitrogen and oxygen atoms in total. The van der Waals surface area contributed by atoms with E-state index < -0.39 is 0 Å². The molecular weight excluding hydrogens is 358 g/mol. The second-order valence-electron chi connectivity index (χ2n) is 6.48. The average Bonchev–Trinajstić information content (AvgIpc) is 3.15. The molecule has 8 heteroatoms. The maximum atomic E-state index is 12.9. The van der Waals surface area contributed by atoms with E-state index in [1.807, 2.05) is 35.2 Å². The van der Waals surface area contributed by atoms with E-state index in [1.54, 1.807) is 31.2 Å². The molecule has 1 aliphatic rings. The number of hydrogen-bond donors (Lipinski definition) is 0. The highest BCUT2D eigenvalue weighted by molar-refractivity contribution is 5.93. The van der Waals surface area contributed by atoms with Gasteiger partial charge in [-0.1, -0.05) is 18.2 Å². The van der Waals surface area contributed by atoms with E-state index in [9.17, 15) is 4.79 Å². The summed E-state index contributed by atoms with van der Waals surface area (Å²) in [5.41, 5.74) is 1.45. The van der Waals surface area contributed by atoms with Crippen LogP contribution in [-0.2, 0) is 0 Å². The van der Waals surface area contributed by atoms with E-state index in [0.717, 1.165) is 5.56 Å². The minimum atomic E-state index is -0.140. The highest BCUT2D eigenvalue weighted by atomic mass is 16.5. The first kappa shape index (κ1) is 18.0. The fourth-order valence-corrected chi connectivity index (χ4v) is 3.15. The molecule has 0 unspecified atom stereocenters. The molecule has 1 aromatic carbocycles. The van der Waals surface area contributed by atoms with Crippen molar-refractivity contribution in [3.63, 3.8) is 0 Å². The zero-order valence-corrected chi connectivity index (χ0v) is 15.8. The smallest absolute Gasteiger partial charge is 0.291 e. The molecule has 4 rings (SSSR count). The van der Waals surface area contributed by atoms with Crippen molar-refractivity contribution in [1.29, 1.82) is 0 Å². The lowest BCUT2D eigenvalue weighted by Gasteiger charge is -2.34. The highest BCUT2D eigenvalue weighted by Gasteiger charge is 2.28. The first-order valence-corrected chi connectivity index (χ1v) is 9.10. The second-order valence-corrected chi connectivity index (χ2v) is 6.48. The number of oxazole rings is 1. The summed E-state index contributed by atoms with van der Waals surface area (Å²) in [5, 5.41) is 0. The summed E-state index contributed by atoms with van der Waals surface area (Å²) in [6.07, 6.45) is 1.67. The lowest BCUT2D eigenvalue weighted by atomic mass is 10.2. The Bertz CT molecular complexity index is 965. The summed E-state index contributed by atoms with van der Waals surface area (Å²) in [6, 6.07) is 11.3. The van der Waals surface area contributed by atoms with Gasteiger partial charge in [0.05, 0.1) is 12.8 Å². The van der Waals surface area contributed by atoms with Crippen LogP contribution in [-0.4, -0.2) is 59.0 Å². The number of hydrogen-bond acceptors (Lipinski definition) is 7. The minimum absolute atomic E-state index is 0.140. The molecule has 144 valence electrons. The third-order valence-electron chi connectivity index (χ3n) is 4.69. The average molecular weight is 379 g/mol. The molecule has 0 radical (unpaired) electrons. The van der Waals surface area contributed by atoms with E-state index in [-0.39, 0.29) is 5.91 Å². The van der Waals surface area contributed by atoms with Gasteiger partial charge in [0.15, 0.2) is 0 Å². The molecule has 3 aromatic rings. The van der Waals surface area contributed by atoms with Gasteiger partial charge in [0.1, 0.15) is 0 Å². The lowest BCUT2D eigenvalue weighted by molar-refractivity contribution is 0.0714. The monoisotopic (exact) mass is 379 g/mol. The number of amides is 1. The number of rotatable bonds is 4. The van der Waals surface area contributed by atoms with E-state index in [1.165, 1.54) is 0 Å². The van der Waals surface area contributed by atoms with Crippen LogP contribution in [0.15, 0.2) is 47.0 Å². The predicted molar refractivity (Wildman–Crippen MR) is 103 cm³/mol. The lowest BCUT2D eigenvalue weighted by Crippen LogP contribution is -2.49. The molecule has 1 aliphatic heterocycles. The second kappa shape index (κ2) is 7.67. The van der Waals surface area contributed by atoms with E-state index >= 15 is 0 Å². The third-order valence-corrected chi connectivity index (χ3v) is 4.69. The minimum Gasteiger partial charge on any atom is -0.481 e. The maximum absolute atomic E-state index is 12.9. The Morgan fingerprint density at radius 2 is 1.82 bits per heavy atom. The Kier molecular flexibility index (Phi) is 4.92. The Morgan fingerprint density at radius 3 is 2.54 bits per heavy atom. The molecule has 1 saturated heterocycles. The van der Waals surface area contributed by atoms with Crippen LogP contribution in [0.25, 0.3) is 11.5 Å². The van der Waals surface area contributed by atoms with Gasteiger partial charge in [-0.25, -0.2) is 9.97 Å². The van der Waals surface area contributed by atoms with Crippen molar-refractivity contribution in [3.8, 4) is 17.3 Å². The van der Waals surface area contributed by atoms with Crippen molar-refractivity contribution in [2.24, 2.45) is 0 Å². The Hall–Kier alpha value is -3.42. The van der Waals surface area contributed by atoms with Crippen LogP contribution in [0.1, 0.15) is 16.2 Å². The SMILES string of the molecule is COc1ccnc(N2CCN(C(=O)c3oc(-c4ccccc4)nc3C)CC2)n1. The summed E-state index contributed by atoms with van der Waals surface area (Å²) < 4.78 is 11.0. The van der Waals surface area contributed by atoms with Gasteiger partial charge in [0.25, 0.3) is 5.91 Å².